The van der Waals surface area contributed by atoms with Gasteiger partial charge < -0.3 is 5.73 Å². The van der Waals surface area contributed by atoms with Gasteiger partial charge in [0.1, 0.15) is 4.99 Å². The van der Waals surface area contributed by atoms with E-state index in [0.29, 0.717) is 15.5 Å². The van der Waals surface area contributed by atoms with Gasteiger partial charge in [-0.15, -0.1) is 0 Å². The van der Waals surface area contributed by atoms with Gasteiger partial charge in [0.2, 0.25) is 0 Å². The molecule has 2 atom stereocenters. The number of nitrogens with two attached hydrogens (primary N) is 1. The van der Waals surface area contributed by atoms with Crippen LogP contribution in [0.5, 0.6) is 0 Å². The molecule has 2 unspecified atom stereocenters. The Hall–Kier alpha value is -0.650. The number of thiocarbonyl (C=S) groups is 1. The molecule has 0 radical (unpaired) electrons. The highest BCUT2D eigenvalue weighted by Crippen LogP contribution is 2.25. The molecule has 3 nitrogen and oxygen atoms in total. The van der Waals surface area contributed by atoms with Crippen molar-refractivity contribution in [1.29, 1.82) is 0 Å². The van der Waals surface area contributed by atoms with Crippen LogP contribution >= 0.6 is 24.0 Å². The third-order valence-corrected chi connectivity index (χ3v) is 4.41. The topological polar surface area (TPSA) is 42.2 Å². The number of rotatable bonds is 3. The van der Waals surface area contributed by atoms with Crippen molar-refractivity contribution in [2.45, 2.75) is 30.9 Å². The molecular weight excluding hydrogens is 262 g/mol. The van der Waals surface area contributed by atoms with Gasteiger partial charge in [-0.1, -0.05) is 26.1 Å². The standard InChI is InChI=1S/C13H19N3S2/c1-9-6-16(7-10(2)18-9)8-11-3-4-15-12(5-11)13(14)17/h3-5,9-10H,6-8H2,1-2H3,(H2,14,17). The summed E-state index contributed by atoms with van der Waals surface area (Å²) in [6.07, 6.45) is 1.79. The van der Waals surface area contributed by atoms with Crippen LogP contribution in [0.1, 0.15) is 25.1 Å². The summed E-state index contributed by atoms with van der Waals surface area (Å²) < 4.78 is 0. The monoisotopic (exact) mass is 281 g/mol. The number of thioether (sulfide) groups is 1. The number of nitrogens with zero attached hydrogens (tertiary/aromatic N) is 2. The Bertz CT molecular complexity index is 426. The van der Waals surface area contributed by atoms with Gasteiger partial charge in [0.25, 0.3) is 0 Å². The van der Waals surface area contributed by atoms with Gasteiger partial charge in [0.05, 0.1) is 5.69 Å². The number of pyridine rings is 1. The van der Waals surface area contributed by atoms with E-state index in [9.17, 15) is 0 Å². The van der Waals surface area contributed by atoms with Gasteiger partial charge in [0, 0.05) is 36.3 Å². The van der Waals surface area contributed by atoms with Crippen LogP contribution in [0.15, 0.2) is 18.3 Å². The van der Waals surface area contributed by atoms with Crippen molar-refractivity contribution in [1.82, 2.24) is 9.88 Å². The second kappa shape index (κ2) is 5.99. The predicted molar refractivity (Wildman–Crippen MR) is 81.9 cm³/mol. The van der Waals surface area contributed by atoms with E-state index >= 15 is 0 Å². The Balaban J connectivity index is 2.04. The average Bonchev–Trinajstić information content (AvgIpc) is 2.27. The molecule has 1 fully saturated rings. The van der Waals surface area contributed by atoms with Crippen LogP contribution in [0.3, 0.4) is 0 Å². The SMILES string of the molecule is CC1CN(Cc2ccnc(C(N)=S)c2)CC(C)S1. The predicted octanol–water partition coefficient (Wildman–Crippen LogP) is 2.04. The van der Waals surface area contributed by atoms with E-state index in [2.05, 4.69) is 35.5 Å². The van der Waals surface area contributed by atoms with Crippen molar-refractivity contribution in [2.75, 3.05) is 13.1 Å². The van der Waals surface area contributed by atoms with E-state index in [0.717, 1.165) is 25.3 Å². The molecule has 0 spiro atoms. The minimum absolute atomic E-state index is 0.368. The second-order valence-electron chi connectivity index (χ2n) is 4.86. The van der Waals surface area contributed by atoms with E-state index in [1.54, 1.807) is 6.20 Å². The summed E-state index contributed by atoms with van der Waals surface area (Å²) in [5.41, 5.74) is 7.56. The largest absolute Gasteiger partial charge is 0.388 e. The molecule has 1 aromatic heterocycles. The van der Waals surface area contributed by atoms with Gasteiger partial charge in [-0.25, -0.2) is 0 Å². The molecule has 0 amide bonds. The van der Waals surface area contributed by atoms with E-state index in [4.69, 9.17) is 18.0 Å². The van der Waals surface area contributed by atoms with Crippen LogP contribution in [0.4, 0.5) is 0 Å². The van der Waals surface area contributed by atoms with Crippen molar-refractivity contribution in [3.63, 3.8) is 0 Å². The summed E-state index contributed by atoms with van der Waals surface area (Å²) in [6.45, 7) is 7.81. The zero-order chi connectivity index (χ0) is 13.1. The fraction of sp³-hybridized carbons (Fsp3) is 0.538. The van der Waals surface area contributed by atoms with Crippen LogP contribution < -0.4 is 5.73 Å². The maximum atomic E-state index is 5.61. The molecule has 18 heavy (non-hydrogen) atoms. The average molecular weight is 281 g/mol. The molecule has 1 saturated heterocycles. The van der Waals surface area contributed by atoms with E-state index in [-0.39, 0.29) is 0 Å². The normalized spacial score (nSPS) is 25.0. The van der Waals surface area contributed by atoms with Gasteiger partial charge in [0.15, 0.2) is 0 Å². The maximum absolute atomic E-state index is 5.61. The molecule has 0 bridgehead atoms. The number of aromatic nitrogens is 1. The van der Waals surface area contributed by atoms with Crippen LogP contribution in [-0.4, -0.2) is 38.5 Å². The molecule has 0 saturated carbocycles. The molecular formula is C13H19N3S2. The molecule has 2 N–H and O–H groups in total. The van der Waals surface area contributed by atoms with Crippen LogP contribution in [0.25, 0.3) is 0 Å². The Morgan fingerprint density at radius 2 is 2.17 bits per heavy atom. The molecule has 0 aliphatic carbocycles. The third kappa shape index (κ3) is 3.67. The Labute approximate surface area is 118 Å². The highest BCUT2D eigenvalue weighted by atomic mass is 32.2. The van der Waals surface area contributed by atoms with Crippen LogP contribution in [-0.2, 0) is 6.54 Å². The summed E-state index contributed by atoms with van der Waals surface area (Å²) >= 11 is 7.03. The van der Waals surface area contributed by atoms with Crippen LogP contribution in [0, 0.1) is 0 Å². The van der Waals surface area contributed by atoms with Crippen molar-refractivity contribution in [3.8, 4) is 0 Å². The van der Waals surface area contributed by atoms with Gasteiger partial charge >= 0.3 is 0 Å². The second-order valence-corrected chi connectivity index (χ2v) is 7.19. The van der Waals surface area contributed by atoms with Crippen molar-refractivity contribution >= 4 is 29.0 Å². The van der Waals surface area contributed by atoms with E-state index in [1.165, 1.54) is 5.56 Å². The van der Waals surface area contributed by atoms with Crippen LogP contribution in [0.2, 0.25) is 0 Å². The first-order chi connectivity index (χ1) is 8.54. The fourth-order valence-corrected chi connectivity index (χ4v) is 3.88. The Morgan fingerprint density at radius 1 is 1.50 bits per heavy atom. The molecule has 1 aliphatic heterocycles. The Kier molecular flexibility index (Phi) is 4.59. The summed E-state index contributed by atoms with van der Waals surface area (Å²) in [5, 5.41) is 1.40. The molecule has 98 valence electrons. The summed E-state index contributed by atoms with van der Waals surface area (Å²) in [7, 11) is 0. The zero-order valence-electron chi connectivity index (χ0n) is 10.8. The lowest BCUT2D eigenvalue weighted by Crippen LogP contribution is -2.39. The highest BCUT2D eigenvalue weighted by molar-refractivity contribution is 8.00. The number of hydrogen-bond donors (Lipinski definition) is 1. The quantitative estimate of drug-likeness (QED) is 0.859. The molecule has 1 aromatic rings. The lowest BCUT2D eigenvalue weighted by atomic mass is 10.2. The minimum Gasteiger partial charge on any atom is -0.388 e. The summed E-state index contributed by atoms with van der Waals surface area (Å²) in [5.74, 6) is 0. The maximum Gasteiger partial charge on any atom is 0.122 e. The first-order valence-corrected chi connectivity index (χ1v) is 7.52. The van der Waals surface area contributed by atoms with E-state index < -0.39 is 0 Å². The van der Waals surface area contributed by atoms with Gasteiger partial charge in [-0.05, 0) is 17.7 Å². The summed E-state index contributed by atoms with van der Waals surface area (Å²) in [4.78, 5) is 7.03. The molecule has 5 heteroatoms. The van der Waals surface area contributed by atoms with Crippen molar-refractivity contribution in [3.05, 3.63) is 29.6 Å². The smallest absolute Gasteiger partial charge is 0.122 e. The lowest BCUT2D eigenvalue weighted by Gasteiger charge is -2.34. The van der Waals surface area contributed by atoms with Crippen molar-refractivity contribution in [2.24, 2.45) is 5.73 Å². The first-order valence-electron chi connectivity index (χ1n) is 6.17. The van der Waals surface area contributed by atoms with Crippen molar-refractivity contribution < 1.29 is 0 Å². The molecule has 0 aromatic carbocycles. The third-order valence-electron chi connectivity index (χ3n) is 2.98. The fourth-order valence-electron chi connectivity index (χ4n) is 2.38. The molecule has 2 heterocycles. The first kappa shape index (κ1) is 13.8. The zero-order valence-corrected chi connectivity index (χ0v) is 12.4. The molecule has 2 rings (SSSR count). The number of hydrogen-bond acceptors (Lipinski definition) is 4. The van der Waals surface area contributed by atoms with E-state index in [1.807, 2.05) is 12.1 Å². The Morgan fingerprint density at radius 3 is 2.78 bits per heavy atom. The lowest BCUT2D eigenvalue weighted by molar-refractivity contribution is 0.263. The molecule has 1 aliphatic rings. The summed E-state index contributed by atoms with van der Waals surface area (Å²) in [6, 6.07) is 4.04. The van der Waals surface area contributed by atoms with Gasteiger partial charge in [-0.2, -0.15) is 11.8 Å². The minimum atomic E-state index is 0.368. The highest BCUT2D eigenvalue weighted by Gasteiger charge is 2.22. The van der Waals surface area contributed by atoms with Gasteiger partial charge in [-0.3, -0.25) is 9.88 Å².